The fourth-order valence-electron chi connectivity index (χ4n) is 3.53. The predicted octanol–water partition coefficient (Wildman–Crippen LogP) is 1.43. The van der Waals surface area contributed by atoms with Crippen LogP contribution in [-0.2, 0) is 24.2 Å². The van der Waals surface area contributed by atoms with Crippen molar-refractivity contribution in [3.63, 3.8) is 0 Å². The van der Waals surface area contributed by atoms with E-state index in [0.717, 1.165) is 49.0 Å². The fourth-order valence-corrected chi connectivity index (χ4v) is 3.53. The van der Waals surface area contributed by atoms with Crippen LogP contribution in [0.3, 0.4) is 0 Å². The van der Waals surface area contributed by atoms with Crippen molar-refractivity contribution in [2.45, 2.75) is 51.6 Å². The predicted molar refractivity (Wildman–Crippen MR) is 99.3 cm³/mol. The van der Waals surface area contributed by atoms with Gasteiger partial charge in [-0.25, -0.2) is 4.68 Å². The molecule has 0 unspecified atom stereocenters. The lowest BCUT2D eigenvalue weighted by atomic mass is 10.1. The third-order valence-corrected chi connectivity index (χ3v) is 4.92. The largest absolute Gasteiger partial charge is 0.345 e. The zero-order valence-electron chi connectivity index (χ0n) is 15.3. The van der Waals surface area contributed by atoms with Crippen LogP contribution >= 0.6 is 0 Å². The standard InChI is InChI=1S/C19H22N6O2/c1-13(19-22-21-16-9-5-6-10-24(16)19)20-17(26)12-25-18(27)11-14-7-3-2-4-8-15(14)23-25/h5-6,9-11,13H,2-4,7-8,12H2,1H3,(H,20,26)/t13-/m1/s1. The first-order valence-electron chi connectivity index (χ1n) is 9.31. The van der Waals surface area contributed by atoms with Crippen molar-refractivity contribution in [2.24, 2.45) is 0 Å². The number of rotatable bonds is 4. The van der Waals surface area contributed by atoms with Crippen LogP contribution in [0.15, 0.2) is 35.3 Å². The highest BCUT2D eigenvalue weighted by atomic mass is 16.2. The topological polar surface area (TPSA) is 94.2 Å². The number of hydrogen-bond donors (Lipinski definition) is 1. The summed E-state index contributed by atoms with van der Waals surface area (Å²) in [6, 6.07) is 6.91. The number of aromatic nitrogens is 5. The maximum Gasteiger partial charge on any atom is 0.267 e. The number of amides is 1. The summed E-state index contributed by atoms with van der Waals surface area (Å²) in [6.45, 7) is 1.74. The van der Waals surface area contributed by atoms with Crippen molar-refractivity contribution in [1.29, 1.82) is 0 Å². The fraction of sp³-hybridized carbons (Fsp3) is 0.421. The van der Waals surface area contributed by atoms with Gasteiger partial charge in [-0.05, 0) is 50.3 Å². The molecular formula is C19H22N6O2. The summed E-state index contributed by atoms with van der Waals surface area (Å²) >= 11 is 0. The van der Waals surface area contributed by atoms with Crippen molar-refractivity contribution < 1.29 is 4.79 Å². The zero-order valence-corrected chi connectivity index (χ0v) is 15.3. The number of hydrogen-bond acceptors (Lipinski definition) is 5. The molecule has 3 aromatic rings. The monoisotopic (exact) mass is 366 g/mol. The van der Waals surface area contributed by atoms with Crippen molar-refractivity contribution in [2.75, 3.05) is 0 Å². The highest BCUT2D eigenvalue weighted by molar-refractivity contribution is 5.76. The number of nitrogens with one attached hydrogen (secondary N) is 1. The van der Waals surface area contributed by atoms with Crippen LogP contribution < -0.4 is 10.9 Å². The van der Waals surface area contributed by atoms with Gasteiger partial charge in [0.1, 0.15) is 6.54 Å². The van der Waals surface area contributed by atoms with Crippen molar-refractivity contribution in [1.82, 2.24) is 29.7 Å². The molecule has 1 N–H and O–H groups in total. The van der Waals surface area contributed by atoms with E-state index in [0.29, 0.717) is 5.82 Å². The van der Waals surface area contributed by atoms with Gasteiger partial charge in [0.15, 0.2) is 11.5 Å². The normalized spacial score (nSPS) is 15.1. The van der Waals surface area contributed by atoms with Crippen LogP contribution in [0.25, 0.3) is 5.65 Å². The third-order valence-electron chi connectivity index (χ3n) is 4.92. The summed E-state index contributed by atoms with van der Waals surface area (Å²) in [5, 5.41) is 15.6. The number of carbonyl (C=O) groups excluding carboxylic acids is 1. The lowest BCUT2D eigenvalue weighted by Crippen LogP contribution is -2.36. The van der Waals surface area contributed by atoms with Gasteiger partial charge >= 0.3 is 0 Å². The maximum absolute atomic E-state index is 12.5. The minimum atomic E-state index is -0.341. The average molecular weight is 366 g/mol. The number of aryl methyl sites for hydroxylation is 2. The molecule has 0 aliphatic heterocycles. The van der Waals surface area contributed by atoms with Crippen LogP contribution in [0.4, 0.5) is 0 Å². The van der Waals surface area contributed by atoms with Crippen LogP contribution in [0, 0.1) is 0 Å². The Morgan fingerprint density at radius 2 is 2.07 bits per heavy atom. The van der Waals surface area contributed by atoms with Crippen LogP contribution in [0.2, 0.25) is 0 Å². The highest BCUT2D eigenvalue weighted by Crippen LogP contribution is 2.17. The number of nitrogens with zero attached hydrogens (tertiary/aromatic N) is 5. The van der Waals surface area contributed by atoms with Crippen molar-refractivity contribution >= 4 is 11.6 Å². The Hall–Kier alpha value is -3.03. The molecule has 27 heavy (non-hydrogen) atoms. The smallest absolute Gasteiger partial charge is 0.267 e. The van der Waals surface area contributed by atoms with Gasteiger partial charge in [0.05, 0.1) is 11.7 Å². The Balaban J connectivity index is 1.49. The molecule has 1 atom stereocenters. The molecule has 0 saturated carbocycles. The maximum atomic E-state index is 12.5. The van der Waals surface area contributed by atoms with E-state index in [2.05, 4.69) is 20.6 Å². The highest BCUT2D eigenvalue weighted by Gasteiger charge is 2.18. The molecule has 0 spiro atoms. The van der Waals surface area contributed by atoms with Gasteiger partial charge in [0.25, 0.3) is 5.56 Å². The van der Waals surface area contributed by atoms with E-state index >= 15 is 0 Å². The summed E-state index contributed by atoms with van der Waals surface area (Å²) < 4.78 is 3.09. The second-order valence-electron chi connectivity index (χ2n) is 6.95. The molecule has 3 heterocycles. The number of fused-ring (bicyclic) bond motifs is 2. The van der Waals surface area contributed by atoms with Crippen molar-refractivity contribution in [3.05, 3.63) is 57.9 Å². The average Bonchev–Trinajstić information content (AvgIpc) is 2.96. The first-order valence-corrected chi connectivity index (χ1v) is 9.31. The second kappa shape index (κ2) is 7.30. The molecule has 0 saturated heterocycles. The first-order chi connectivity index (χ1) is 13.1. The van der Waals surface area contributed by atoms with E-state index in [1.165, 1.54) is 4.68 Å². The summed E-state index contributed by atoms with van der Waals surface area (Å²) in [5.41, 5.74) is 2.46. The molecule has 8 nitrogen and oxygen atoms in total. The van der Waals surface area contributed by atoms with Gasteiger partial charge in [0.2, 0.25) is 5.91 Å². The number of pyridine rings is 1. The van der Waals surface area contributed by atoms with E-state index in [1.807, 2.05) is 35.7 Å². The lowest BCUT2D eigenvalue weighted by Gasteiger charge is -2.14. The summed E-state index contributed by atoms with van der Waals surface area (Å²) in [7, 11) is 0. The van der Waals surface area contributed by atoms with Crippen LogP contribution in [0.1, 0.15) is 49.3 Å². The van der Waals surface area contributed by atoms with E-state index in [-0.39, 0.29) is 24.1 Å². The van der Waals surface area contributed by atoms with E-state index in [9.17, 15) is 9.59 Å². The van der Waals surface area contributed by atoms with Crippen LogP contribution in [0.5, 0.6) is 0 Å². The van der Waals surface area contributed by atoms with Gasteiger partial charge in [0, 0.05) is 12.3 Å². The zero-order chi connectivity index (χ0) is 18.8. The summed E-state index contributed by atoms with van der Waals surface area (Å²) in [5.74, 6) is 0.361. The number of carbonyl (C=O) groups is 1. The summed E-state index contributed by atoms with van der Waals surface area (Å²) in [6.07, 6.45) is 6.91. The minimum Gasteiger partial charge on any atom is -0.345 e. The van der Waals surface area contributed by atoms with Gasteiger partial charge < -0.3 is 5.32 Å². The first kappa shape index (κ1) is 17.4. The molecule has 0 bridgehead atoms. The Labute approximate surface area is 156 Å². The van der Waals surface area contributed by atoms with E-state index in [1.54, 1.807) is 6.07 Å². The van der Waals surface area contributed by atoms with Gasteiger partial charge in [-0.2, -0.15) is 5.10 Å². The molecule has 0 aromatic carbocycles. The third kappa shape index (κ3) is 3.60. The molecular weight excluding hydrogens is 344 g/mol. The molecule has 0 radical (unpaired) electrons. The SMILES string of the molecule is C[C@@H](NC(=O)Cn1nc2c(cc1=O)CCCCC2)c1nnc2ccccn12. The second-order valence-corrected chi connectivity index (χ2v) is 6.95. The van der Waals surface area contributed by atoms with Gasteiger partial charge in [-0.3, -0.25) is 14.0 Å². The molecule has 1 amide bonds. The Morgan fingerprint density at radius 3 is 2.96 bits per heavy atom. The molecule has 140 valence electrons. The van der Waals surface area contributed by atoms with Gasteiger partial charge in [-0.1, -0.05) is 12.5 Å². The van der Waals surface area contributed by atoms with Crippen molar-refractivity contribution in [3.8, 4) is 0 Å². The minimum absolute atomic E-state index is 0.104. The molecule has 3 aromatic heterocycles. The molecule has 0 fully saturated rings. The molecule has 1 aliphatic rings. The Morgan fingerprint density at radius 1 is 1.22 bits per heavy atom. The quantitative estimate of drug-likeness (QED) is 0.705. The van der Waals surface area contributed by atoms with E-state index < -0.39 is 0 Å². The van der Waals surface area contributed by atoms with Gasteiger partial charge in [-0.15, -0.1) is 10.2 Å². The lowest BCUT2D eigenvalue weighted by molar-refractivity contribution is -0.122. The summed E-state index contributed by atoms with van der Waals surface area (Å²) in [4.78, 5) is 24.8. The van der Waals surface area contributed by atoms with Crippen LogP contribution in [-0.4, -0.2) is 30.3 Å². The Bertz CT molecular complexity index is 1040. The Kier molecular flexibility index (Phi) is 4.70. The molecule has 8 heteroatoms. The molecule has 1 aliphatic carbocycles. The van der Waals surface area contributed by atoms with E-state index in [4.69, 9.17) is 0 Å². The molecule has 4 rings (SSSR count).